The van der Waals surface area contributed by atoms with E-state index in [0.29, 0.717) is 16.5 Å². The Bertz CT molecular complexity index is 1230. The Balaban J connectivity index is 1.60. The van der Waals surface area contributed by atoms with E-state index >= 15 is 0 Å². The van der Waals surface area contributed by atoms with Crippen molar-refractivity contribution in [3.8, 4) is 0 Å². The van der Waals surface area contributed by atoms with E-state index in [1.165, 1.54) is 43.6 Å². The average molecular weight is 444 g/mol. The molecule has 158 valence electrons. The number of carbonyl (C=O) groups is 3. The van der Waals surface area contributed by atoms with E-state index in [-0.39, 0.29) is 28.7 Å². The number of ketones is 1. The number of hydrogen-bond donors (Lipinski definition) is 0. The summed E-state index contributed by atoms with van der Waals surface area (Å²) >= 11 is 0.907. The Morgan fingerprint density at radius 1 is 1.13 bits per heavy atom. The third kappa shape index (κ3) is 4.05. The summed E-state index contributed by atoms with van der Waals surface area (Å²) < 4.78 is 39.5. The lowest BCUT2D eigenvalue weighted by Crippen LogP contribution is -2.24. The van der Waals surface area contributed by atoms with Crippen molar-refractivity contribution in [1.29, 1.82) is 0 Å². The summed E-state index contributed by atoms with van der Waals surface area (Å²) in [6.45, 7) is 0. The SMILES string of the molecule is CN1C(=O)SC(c2cnc3cc(C(=O)Cc4ccccc4C(F)(F)F)ccc3c2)C1=O. The number of likely N-dealkylation sites (N-methyl/N-ethyl adjacent to an activating group) is 1. The highest BCUT2D eigenvalue weighted by Crippen LogP contribution is 2.39. The molecule has 1 atom stereocenters. The smallest absolute Gasteiger partial charge is 0.294 e. The van der Waals surface area contributed by atoms with Crippen LogP contribution in [0.1, 0.15) is 32.3 Å². The fourth-order valence-electron chi connectivity index (χ4n) is 3.39. The van der Waals surface area contributed by atoms with Gasteiger partial charge in [-0.15, -0.1) is 0 Å². The van der Waals surface area contributed by atoms with E-state index < -0.39 is 22.8 Å². The first kappa shape index (κ1) is 21.0. The van der Waals surface area contributed by atoms with Crippen molar-refractivity contribution in [3.05, 3.63) is 77.0 Å². The van der Waals surface area contributed by atoms with Crippen LogP contribution >= 0.6 is 11.8 Å². The molecule has 1 saturated heterocycles. The minimum absolute atomic E-state index is 0.0889. The summed E-state index contributed by atoms with van der Waals surface area (Å²) in [6, 6.07) is 11.4. The number of pyridine rings is 1. The summed E-state index contributed by atoms with van der Waals surface area (Å²) in [7, 11) is 1.42. The van der Waals surface area contributed by atoms with Gasteiger partial charge < -0.3 is 0 Å². The molecule has 5 nitrogen and oxygen atoms in total. The largest absolute Gasteiger partial charge is 0.416 e. The molecule has 0 spiro atoms. The molecule has 0 radical (unpaired) electrons. The Morgan fingerprint density at radius 3 is 2.55 bits per heavy atom. The molecule has 1 aromatic heterocycles. The number of aromatic nitrogens is 1. The van der Waals surface area contributed by atoms with E-state index in [9.17, 15) is 27.6 Å². The number of carbonyl (C=O) groups excluding carboxylic acids is 3. The summed E-state index contributed by atoms with van der Waals surface area (Å²) in [5.74, 6) is -0.787. The van der Waals surface area contributed by atoms with Gasteiger partial charge in [0.05, 0.1) is 11.1 Å². The number of Topliss-reactive ketones (excluding diaryl/α,β-unsaturated/α-hetero) is 1. The van der Waals surface area contributed by atoms with Crippen molar-refractivity contribution in [1.82, 2.24) is 9.88 Å². The van der Waals surface area contributed by atoms with Gasteiger partial charge in [0.15, 0.2) is 5.78 Å². The number of rotatable bonds is 4. The van der Waals surface area contributed by atoms with Crippen molar-refractivity contribution >= 4 is 39.6 Å². The zero-order valence-electron chi connectivity index (χ0n) is 16.1. The monoisotopic (exact) mass is 444 g/mol. The quantitative estimate of drug-likeness (QED) is 0.527. The normalized spacial score (nSPS) is 16.9. The summed E-state index contributed by atoms with van der Waals surface area (Å²) in [6.07, 6.45) is -3.46. The van der Waals surface area contributed by atoms with Crippen LogP contribution in [-0.4, -0.2) is 33.9 Å². The molecule has 2 aromatic carbocycles. The third-order valence-electron chi connectivity index (χ3n) is 5.05. The second-order valence-corrected chi connectivity index (χ2v) is 8.15. The van der Waals surface area contributed by atoms with Crippen LogP contribution in [0.15, 0.2) is 54.7 Å². The van der Waals surface area contributed by atoms with Crippen LogP contribution in [0.25, 0.3) is 10.9 Å². The van der Waals surface area contributed by atoms with Crippen molar-refractivity contribution in [2.45, 2.75) is 17.8 Å². The van der Waals surface area contributed by atoms with Crippen molar-refractivity contribution in [2.75, 3.05) is 7.05 Å². The predicted molar refractivity (Wildman–Crippen MR) is 110 cm³/mol. The summed E-state index contributed by atoms with van der Waals surface area (Å²) in [4.78, 5) is 41.9. The van der Waals surface area contributed by atoms with Gasteiger partial charge in [0.25, 0.3) is 5.24 Å². The molecule has 0 aliphatic carbocycles. The number of hydrogen-bond acceptors (Lipinski definition) is 5. The van der Waals surface area contributed by atoms with Crippen LogP contribution in [0, 0.1) is 0 Å². The lowest BCUT2D eigenvalue weighted by molar-refractivity contribution is -0.138. The Kier molecular flexibility index (Phi) is 5.30. The van der Waals surface area contributed by atoms with Gasteiger partial charge in [-0.3, -0.25) is 24.3 Å². The van der Waals surface area contributed by atoms with Gasteiger partial charge in [-0.1, -0.05) is 30.3 Å². The molecule has 3 aromatic rings. The Hall–Kier alpha value is -3.20. The molecule has 31 heavy (non-hydrogen) atoms. The number of nitrogens with zero attached hydrogens (tertiary/aromatic N) is 2. The average Bonchev–Trinajstić information content (AvgIpc) is 3.00. The number of thioether (sulfide) groups is 1. The Labute approximate surface area is 179 Å². The molecule has 1 fully saturated rings. The number of alkyl halides is 3. The molecule has 4 rings (SSSR count). The third-order valence-corrected chi connectivity index (χ3v) is 6.24. The van der Waals surface area contributed by atoms with Crippen LogP contribution in [-0.2, 0) is 17.4 Å². The second-order valence-electron chi connectivity index (χ2n) is 7.09. The Morgan fingerprint density at radius 2 is 1.87 bits per heavy atom. The van der Waals surface area contributed by atoms with E-state index in [2.05, 4.69) is 4.98 Å². The molecule has 2 heterocycles. The number of fused-ring (bicyclic) bond motifs is 1. The molecule has 2 amide bonds. The standard InChI is InChI=1S/C22H15F3N2O3S/c1-27-20(29)19(31-21(27)30)15-8-13-6-7-14(9-17(13)26-11-15)18(28)10-12-4-2-3-5-16(12)22(23,24)25/h2-9,11,19H,10H2,1H3. The van der Waals surface area contributed by atoms with E-state index in [1.54, 1.807) is 12.1 Å². The predicted octanol–water partition coefficient (Wildman–Crippen LogP) is 5.05. The van der Waals surface area contributed by atoms with Crippen LogP contribution < -0.4 is 0 Å². The fraction of sp³-hybridized carbons (Fsp3) is 0.182. The van der Waals surface area contributed by atoms with Crippen molar-refractivity contribution < 1.29 is 27.6 Å². The topological polar surface area (TPSA) is 67.3 Å². The molecule has 1 unspecified atom stereocenters. The van der Waals surface area contributed by atoms with Gasteiger partial charge in [-0.05, 0) is 41.1 Å². The van der Waals surface area contributed by atoms with Crippen LogP contribution in [0.2, 0.25) is 0 Å². The molecular weight excluding hydrogens is 429 g/mol. The van der Waals surface area contributed by atoms with E-state index in [4.69, 9.17) is 0 Å². The molecule has 1 aliphatic rings. The number of halogens is 3. The molecule has 1 aliphatic heterocycles. The maximum absolute atomic E-state index is 13.2. The fourth-order valence-corrected chi connectivity index (χ4v) is 4.36. The van der Waals surface area contributed by atoms with E-state index in [0.717, 1.165) is 22.7 Å². The van der Waals surface area contributed by atoms with Gasteiger partial charge >= 0.3 is 6.18 Å². The number of imide groups is 1. The first-order valence-electron chi connectivity index (χ1n) is 9.21. The highest BCUT2D eigenvalue weighted by molar-refractivity contribution is 8.14. The van der Waals surface area contributed by atoms with Gasteiger partial charge in [-0.25, -0.2) is 0 Å². The minimum atomic E-state index is -4.54. The van der Waals surface area contributed by atoms with Crippen molar-refractivity contribution in [3.63, 3.8) is 0 Å². The van der Waals surface area contributed by atoms with Crippen molar-refractivity contribution in [2.24, 2.45) is 0 Å². The van der Waals surface area contributed by atoms with Crippen LogP contribution in [0.5, 0.6) is 0 Å². The molecule has 0 bridgehead atoms. The van der Waals surface area contributed by atoms with Crippen LogP contribution in [0.4, 0.5) is 18.0 Å². The highest BCUT2D eigenvalue weighted by Gasteiger charge is 2.38. The summed E-state index contributed by atoms with van der Waals surface area (Å²) in [5, 5.41) is -0.357. The molecular formula is C22H15F3N2O3S. The maximum Gasteiger partial charge on any atom is 0.416 e. The zero-order valence-corrected chi connectivity index (χ0v) is 17.0. The zero-order chi connectivity index (χ0) is 22.3. The summed E-state index contributed by atoms with van der Waals surface area (Å²) in [5.41, 5.74) is 0.359. The molecule has 9 heteroatoms. The second kappa shape index (κ2) is 7.81. The van der Waals surface area contributed by atoms with Crippen LogP contribution in [0.3, 0.4) is 0 Å². The number of benzene rings is 2. The first-order valence-corrected chi connectivity index (χ1v) is 10.1. The lowest BCUT2D eigenvalue weighted by Gasteiger charge is -2.12. The van der Waals surface area contributed by atoms with Gasteiger partial charge in [0.2, 0.25) is 5.91 Å². The minimum Gasteiger partial charge on any atom is -0.294 e. The van der Waals surface area contributed by atoms with Gasteiger partial charge in [0.1, 0.15) is 5.25 Å². The van der Waals surface area contributed by atoms with E-state index in [1.807, 2.05) is 0 Å². The molecule has 0 saturated carbocycles. The van der Waals surface area contributed by atoms with Gasteiger partial charge in [0, 0.05) is 30.6 Å². The highest BCUT2D eigenvalue weighted by atomic mass is 32.2. The molecule has 0 N–H and O–H groups in total. The first-order chi connectivity index (χ1) is 14.6. The number of amides is 2. The maximum atomic E-state index is 13.2. The lowest BCUT2D eigenvalue weighted by atomic mass is 9.97. The van der Waals surface area contributed by atoms with Gasteiger partial charge in [-0.2, -0.15) is 13.2 Å².